The van der Waals surface area contributed by atoms with Gasteiger partial charge in [0.05, 0.1) is 16.1 Å². The fraction of sp³-hybridized carbons (Fsp3) is 0.133. The Morgan fingerprint density at radius 3 is 2.50 bits per heavy atom. The summed E-state index contributed by atoms with van der Waals surface area (Å²) in [7, 11) is 0. The summed E-state index contributed by atoms with van der Waals surface area (Å²) in [4.78, 5) is 27.1. The summed E-state index contributed by atoms with van der Waals surface area (Å²) in [5.74, 6) is -2.02. The lowest BCUT2D eigenvalue weighted by molar-refractivity contribution is -0.137. The third kappa shape index (κ3) is 4.99. The molecular weight excluding hydrogens is 398 g/mol. The zero-order valence-electron chi connectivity index (χ0n) is 12.7. The number of benzene rings is 1. The number of aromatic nitrogens is 1. The summed E-state index contributed by atoms with van der Waals surface area (Å²) in [6.45, 7) is -0.722. The Bertz CT molecular complexity index is 860. The summed E-state index contributed by atoms with van der Waals surface area (Å²) >= 11 is 11.4. The average Bonchev–Trinajstić information content (AvgIpc) is 2.53. The second-order valence-electron chi connectivity index (χ2n) is 4.91. The number of ether oxygens (including phenoxy) is 1. The fourth-order valence-electron chi connectivity index (χ4n) is 1.78. The second kappa shape index (κ2) is 7.79. The summed E-state index contributed by atoms with van der Waals surface area (Å²) in [6, 6.07) is 4.70. The molecule has 0 aliphatic carbocycles. The van der Waals surface area contributed by atoms with Gasteiger partial charge in [0.15, 0.2) is 12.4 Å². The normalized spacial score (nSPS) is 11.1. The lowest BCUT2D eigenvalue weighted by Crippen LogP contribution is -2.22. The minimum Gasteiger partial charge on any atom is -0.452 e. The molecule has 138 valence electrons. The number of hydrogen-bond donors (Lipinski definition) is 2. The van der Waals surface area contributed by atoms with Gasteiger partial charge in [0.25, 0.3) is 5.91 Å². The van der Waals surface area contributed by atoms with E-state index in [9.17, 15) is 22.8 Å². The van der Waals surface area contributed by atoms with Crippen molar-refractivity contribution in [3.05, 3.63) is 51.6 Å². The van der Waals surface area contributed by atoms with E-state index in [4.69, 9.17) is 33.7 Å². The maximum absolute atomic E-state index is 12.5. The largest absolute Gasteiger partial charge is 0.452 e. The molecule has 3 N–H and O–H groups in total. The molecule has 0 saturated heterocycles. The smallest absolute Gasteiger partial charge is 0.417 e. The number of nitrogen functional groups attached to an aromatic ring is 1. The van der Waals surface area contributed by atoms with Crippen LogP contribution in [0.15, 0.2) is 30.5 Å². The van der Waals surface area contributed by atoms with Gasteiger partial charge in [-0.2, -0.15) is 13.2 Å². The highest BCUT2D eigenvalue weighted by Gasteiger charge is 2.31. The van der Waals surface area contributed by atoms with Crippen LogP contribution in [-0.4, -0.2) is 23.5 Å². The predicted molar refractivity (Wildman–Crippen MR) is 89.0 cm³/mol. The minimum absolute atomic E-state index is 0.00730. The van der Waals surface area contributed by atoms with E-state index in [1.165, 1.54) is 18.2 Å². The van der Waals surface area contributed by atoms with Crippen LogP contribution < -0.4 is 11.1 Å². The quantitative estimate of drug-likeness (QED) is 0.593. The molecule has 0 unspecified atom stereocenters. The van der Waals surface area contributed by atoms with Gasteiger partial charge < -0.3 is 15.8 Å². The van der Waals surface area contributed by atoms with Gasteiger partial charge in [-0.25, -0.2) is 9.78 Å². The van der Waals surface area contributed by atoms with Crippen LogP contribution in [0.2, 0.25) is 10.0 Å². The van der Waals surface area contributed by atoms with Crippen molar-refractivity contribution in [3.8, 4) is 0 Å². The number of carbonyl (C=O) groups excluding carboxylic acids is 2. The van der Waals surface area contributed by atoms with Gasteiger partial charge in [-0.3, -0.25) is 4.79 Å². The molecule has 1 amide bonds. The molecular formula is C15H10Cl2F3N3O3. The van der Waals surface area contributed by atoms with Crippen molar-refractivity contribution in [3.63, 3.8) is 0 Å². The maximum atomic E-state index is 12.5. The van der Waals surface area contributed by atoms with Crippen molar-refractivity contribution >= 4 is 46.6 Å². The number of anilines is 2. The van der Waals surface area contributed by atoms with Gasteiger partial charge in [0.2, 0.25) is 0 Å². The molecule has 0 radical (unpaired) electrons. The van der Waals surface area contributed by atoms with Crippen molar-refractivity contribution in [2.75, 3.05) is 17.7 Å². The number of nitrogens with two attached hydrogens (primary N) is 1. The molecule has 11 heteroatoms. The monoisotopic (exact) mass is 407 g/mol. The summed E-state index contributed by atoms with van der Waals surface area (Å²) < 4.78 is 42.4. The molecule has 0 saturated carbocycles. The average molecular weight is 408 g/mol. The number of hydrogen-bond acceptors (Lipinski definition) is 5. The Morgan fingerprint density at radius 2 is 1.92 bits per heavy atom. The highest BCUT2D eigenvalue weighted by Crippen LogP contribution is 2.32. The highest BCUT2D eigenvalue weighted by molar-refractivity contribution is 6.33. The Balaban J connectivity index is 1.98. The molecule has 0 atom stereocenters. The van der Waals surface area contributed by atoms with Crippen molar-refractivity contribution in [2.24, 2.45) is 0 Å². The molecule has 0 aliphatic rings. The van der Waals surface area contributed by atoms with Crippen LogP contribution in [0.5, 0.6) is 0 Å². The predicted octanol–water partition coefficient (Wildman–Crippen LogP) is 3.78. The topological polar surface area (TPSA) is 94.3 Å². The third-order valence-electron chi connectivity index (χ3n) is 2.99. The van der Waals surface area contributed by atoms with E-state index in [1.807, 2.05) is 0 Å². The van der Waals surface area contributed by atoms with Crippen molar-refractivity contribution in [1.29, 1.82) is 0 Å². The van der Waals surface area contributed by atoms with Gasteiger partial charge in [0.1, 0.15) is 0 Å². The highest BCUT2D eigenvalue weighted by atomic mass is 35.5. The third-order valence-corrected chi connectivity index (χ3v) is 3.52. The first kappa shape index (κ1) is 19.8. The number of alkyl halides is 3. The molecule has 2 rings (SSSR count). The van der Waals surface area contributed by atoms with Crippen LogP contribution in [0.3, 0.4) is 0 Å². The number of nitrogens with one attached hydrogen (secondary N) is 1. The lowest BCUT2D eigenvalue weighted by atomic mass is 10.2. The van der Waals surface area contributed by atoms with Gasteiger partial charge in [0, 0.05) is 16.9 Å². The standard InChI is InChI=1S/C15H10Cl2F3N3O3/c16-8-1-2-9(11(21)4-8)14(25)26-6-12(24)23-13-10(17)3-7(5-22-13)15(18,19)20/h1-5H,6,21H2,(H,22,23,24). The van der Waals surface area contributed by atoms with E-state index in [2.05, 4.69) is 10.3 Å². The Morgan fingerprint density at radius 1 is 1.23 bits per heavy atom. The number of pyridine rings is 1. The van der Waals surface area contributed by atoms with Crippen LogP contribution in [-0.2, 0) is 15.7 Å². The van der Waals surface area contributed by atoms with Gasteiger partial charge in [-0.1, -0.05) is 23.2 Å². The lowest BCUT2D eigenvalue weighted by Gasteiger charge is -2.10. The molecule has 1 heterocycles. The minimum atomic E-state index is -4.62. The molecule has 2 aromatic rings. The van der Waals surface area contributed by atoms with Gasteiger partial charge in [-0.05, 0) is 24.3 Å². The van der Waals surface area contributed by atoms with Gasteiger partial charge >= 0.3 is 12.1 Å². The second-order valence-corrected chi connectivity index (χ2v) is 5.75. The molecule has 0 bridgehead atoms. The summed E-state index contributed by atoms with van der Waals surface area (Å²) in [5, 5.41) is 2.04. The van der Waals surface area contributed by atoms with E-state index >= 15 is 0 Å². The summed E-state index contributed by atoms with van der Waals surface area (Å²) in [5.41, 5.74) is 4.62. The summed E-state index contributed by atoms with van der Waals surface area (Å²) in [6.07, 6.45) is -4.10. The van der Waals surface area contributed by atoms with E-state index in [1.54, 1.807) is 0 Å². The molecule has 26 heavy (non-hydrogen) atoms. The van der Waals surface area contributed by atoms with Crippen LogP contribution in [0.25, 0.3) is 0 Å². The molecule has 0 aliphatic heterocycles. The number of nitrogens with zero attached hydrogens (tertiary/aromatic N) is 1. The number of amides is 1. The molecule has 6 nitrogen and oxygen atoms in total. The number of rotatable bonds is 4. The van der Waals surface area contributed by atoms with E-state index < -0.39 is 35.2 Å². The maximum Gasteiger partial charge on any atom is 0.417 e. The molecule has 0 fully saturated rings. The molecule has 1 aromatic heterocycles. The number of esters is 1. The Labute approximate surface area is 155 Å². The first-order valence-electron chi connectivity index (χ1n) is 6.82. The van der Waals surface area contributed by atoms with Crippen LogP contribution in [0, 0.1) is 0 Å². The molecule has 0 spiro atoms. The van der Waals surface area contributed by atoms with Crippen LogP contribution in [0.1, 0.15) is 15.9 Å². The van der Waals surface area contributed by atoms with Crippen molar-refractivity contribution < 1.29 is 27.5 Å². The Kier molecular flexibility index (Phi) is 5.94. The van der Waals surface area contributed by atoms with Crippen molar-refractivity contribution in [2.45, 2.75) is 6.18 Å². The zero-order chi connectivity index (χ0) is 19.5. The van der Waals surface area contributed by atoms with Crippen molar-refractivity contribution in [1.82, 2.24) is 4.98 Å². The molecule has 1 aromatic carbocycles. The van der Waals surface area contributed by atoms with Gasteiger partial charge in [-0.15, -0.1) is 0 Å². The van der Waals surface area contributed by atoms with E-state index in [0.29, 0.717) is 17.3 Å². The number of carbonyl (C=O) groups is 2. The Hall–Kier alpha value is -2.52. The number of halogens is 5. The first-order chi connectivity index (χ1) is 12.1. The first-order valence-corrected chi connectivity index (χ1v) is 7.58. The van der Waals surface area contributed by atoms with Crippen LogP contribution >= 0.6 is 23.2 Å². The van der Waals surface area contributed by atoms with Crippen LogP contribution in [0.4, 0.5) is 24.7 Å². The van der Waals surface area contributed by atoms with E-state index in [-0.39, 0.29) is 17.1 Å². The van der Waals surface area contributed by atoms with E-state index in [0.717, 1.165) is 0 Å². The fourth-order valence-corrected chi connectivity index (χ4v) is 2.18. The zero-order valence-corrected chi connectivity index (χ0v) is 14.2. The SMILES string of the molecule is Nc1cc(Cl)ccc1C(=O)OCC(=O)Nc1ncc(C(F)(F)F)cc1Cl.